The van der Waals surface area contributed by atoms with E-state index in [0.29, 0.717) is 12.8 Å². The van der Waals surface area contributed by atoms with Crippen LogP contribution in [-0.2, 0) is 11.2 Å². The molecule has 72 valence electrons. The van der Waals surface area contributed by atoms with E-state index >= 15 is 0 Å². The van der Waals surface area contributed by atoms with Crippen LogP contribution in [0.2, 0.25) is 0 Å². The Morgan fingerprint density at radius 2 is 2.31 bits per heavy atom. The summed E-state index contributed by atoms with van der Waals surface area (Å²) in [6, 6.07) is 3.79. The van der Waals surface area contributed by atoms with E-state index in [0.717, 1.165) is 11.5 Å². The predicted molar refractivity (Wildman–Crippen MR) is 49.0 cm³/mol. The van der Waals surface area contributed by atoms with Gasteiger partial charge in [0, 0.05) is 19.9 Å². The first kappa shape index (κ1) is 9.80. The molecule has 0 radical (unpaired) electrons. The van der Waals surface area contributed by atoms with E-state index < -0.39 is 0 Å². The zero-order valence-corrected chi connectivity index (χ0v) is 7.89. The van der Waals surface area contributed by atoms with E-state index in [1.54, 1.807) is 7.05 Å². The fraction of sp³-hybridized carbons (Fsp3) is 0.444. The lowest BCUT2D eigenvalue weighted by atomic mass is 10.2. The summed E-state index contributed by atoms with van der Waals surface area (Å²) in [6.45, 7) is 1.89. The zero-order valence-electron chi connectivity index (χ0n) is 7.89. The van der Waals surface area contributed by atoms with Gasteiger partial charge in [-0.25, -0.2) is 5.43 Å². The van der Waals surface area contributed by atoms with Crippen LogP contribution in [0, 0.1) is 6.92 Å². The highest BCUT2D eigenvalue weighted by Gasteiger charge is 2.03. The van der Waals surface area contributed by atoms with Crippen LogP contribution in [-0.4, -0.2) is 13.0 Å². The lowest BCUT2D eigenvalue weighted by Crippen LogP contribution is -2.34. The second-order valence-corrected chi connectivity index (χ2v) is 2.81. The van der Waals surface area contributed by atoms with Gasteiger partial charge in [-0.05, 0) is 19.1 Å². The minimum absolute atomic E-state index is 0.0310. The second-order valence-electron chi connectivity index (χ2n) is 2.81. The fourth-order valence-corrected chi connectivity index (χ4v) is 1.06. The third kappa shape index (κ3) is 3.29. The Morgan fingerprint density at radius 1 is 1.54 bits per heavy atom. The van der Waals surface area contributed by atoms with Crippen LogP contribution in [0.4, 0.5) is 0 Å². The lowest BCUT2D eigenvalue weighted by molar-refractivity contribution is -0.121. The molecule has 0 saturated carbocycles. The Morgan fingerprint density at radius 3 is 2.85 bits per heavy atom. The Bertz CT molecular complexity index is 281. The Balaban J connectivity index is 2.30. The van der Waals surface area contributed by atoms with Gasteiger partial charge in [0.15, 0.2) is 0 Å². The van der Waals surface area contributed by atoms with Crippen molar-refractivity contribution in [3.63, 3.8) is 0 Å². The maximum Gasteiger partial charge on any atom is 0.234 e. The lowest BCUT2D eigenvalue weighted by Gasteiger charge is -2.00. The van der Waals surface area contributed by atoms with Gasteiger partial charge in [0.2, 0.25) is 5.91 Å². The molecule has 13 heavy (non-hydrogen) atoms. The molecule has 1 rings (SSSR count). The maximum absolute atomic E-state index is 11.0. The summed E-state index contributed by atoms with van der Waals surface area (Å²) in [5, 5.41) is 0. The summed E-state index contributed by atoms with van der Waals surface area (Å²) >= 11 is 0. The SMILES string of the molecule is CNNC(=O)CCc1ccc(C)o1. The van der Waals surface area contributed by atoms with Crippen LogP contribution < -0.4 is 10.9 Å². The van der Waals surface area contributed by atoms with Crippen molar-refractivity contribution in [1.82, 2.24) is 10.9 Å². The molecular weight excluding hydrogens is 168 g/mol. The minimum atomic E-state index is -0.0310. The van der Waals surface area contributed by atoms with E-state index in [9.17, 15) is 4.79 Å². The molecular formula is C9H14N2O2. The van der Waals surface area contributed by atoms with Gasteiger partial charge in [-0.15, -0.1) is 0 Å². The van der Waals surface area contributed by atoms with Gasteiger partial charge in [0.25, 0.3) is 0 Å². The number of amides is 1. The largest absolute Gasteiger partial charge is 0.466 e. The van der Waals surface area contributed by atoms with E-state index in [4.69, 9.17) is 4.42 Å². The Labute approximate surface area is 77.3 Å². The summed E-state index contributed by atoms with van der Waals surface area (Å²) in [6.07, 6.45) is 1.08. The zero-order chi connectivity index (χ0) is 9.68. The number of hydrogen-bond donors (Lipinski definition) is 2. The van der Waals surface area contributed by atoms with Crippen LogP contribution in [0.25, 0.3) is 0 Å². The van der Waals surface area contributed by atoms with Gasteiger partial charge in [0.1, 0.15) is 11.5 Å². The van der Waals surface area contributed by atoms with Crippen molar-refractivity contribution in [3.05, 3.63) is 23.7 Å². The highest BCUT2D eigenvalue weighted by molar-refractivity contribution is 5.75. The second kappa shape index (κ2) is 4.67. The van der Waals surface area contributed by atoms with Crippen LogP contribution in [0.15, 0.2) is 16.5 Å². The van der Waals surface area contributed by atoms with Crippen molar-refractivity contribution in [3.8, 4) is 0 Å². The summed E-state index contributed by atoms with van der Waals surface area (Å²) in [5.74, 6) is 1.70. The molecule has 2 N–H and O–H groups in total. The van der Waals surface area contributed by atoms with Crippen LogP contribution in [0.1, 0.15) is 17.9 Å². The predicted octanol–water partition coefficient (Wildman–Crippen LogP) is 0.771. The molecule has 1 heterocycles. The number of rotatable bonds is 4. The molecule has 1 amide bonds. The minimum Gasteiger partial charge on any atom is -0.466 e. The number of hydrogen-bond acceptors (Lipinski definition) is 3. The van der Waals surface area contributed by atoms with Crippen molar-refractivity contribution in [1.29, 1.82) is 0 Å². The first-order valence-corrected chi connectivity index (χ1v) is 4.23. The molecule has 0 bridgehead atoms. The molecule has 1 aromatic heterocycles. The average Bonchev–Trinajstić information content (AvgIpc) is 2.49. The monoisotopic (exact) mass is 182 g/mol. The normalized spacial score (nSPS) is 10.0. The third-order valence-electron chi connectivity index (χ3n) is 1.66. The molecule has 0 aliphatic heterocycles. The summed E-state index contributed by atoms with van der Waals surface area (Å²) in [7, 11) is 1.66. The van der Waals surface area contributed by atoms with Gasteiger partial charge in [-0.2, -0.15) is 0 Å². The number of carbonyl (C=O) groups is 1. The molecule has 4 nitrogen and oxygen atoms in total. The fourth-order valence-electron chi connectivity index (χ4n) is 1.06. The number of furan rings is 1. The summed E-state index contributed by atoms with van der Waals surface area (Å²) in [4.78, 5) is 11.0. The molecule has 0 aliphatic rings. The van der Waals surface area contributed by atoms with Crippen LogP contribution in [0.3, 0.4) is 0 Å². The van der Waals surface area contributed by atoms with Crippen molar-refractivity contribution in [2.75, 3.05) is 7.05 Å². The average molecular weight is 182 g/mol. The molecule has 1 aromatic rings. The number of aryl methyl sites for hydroxylation is 2. The summed E-state index contributed by atoms with van der Waals surface area (Å²) in [5.41, 5.74) is 5.07. The molecule has 0 spiro atoms. The molecule has 0 saturated heterocycles. The molecule has 0 aliphatic carbocycles. The topological polar surface area (TPSA) is 54.3 Å². The van der Waals surface area contributed by atoms with Gasteiger partial charge in [0.05, 0.1) is 0 Å². The first-order chi connectivity index (χ1) is 6.22. The van der Waals surface area contributed by atoms with Gasteiger partial charge in [-0.3, -0.25) is 10.2 Å². The van der Waals surface area contributed by atoms with E-state index in [2.05, 4.69) is 10.9 Å². The number of carbonyl (C=O) groups excluding carboxylic acids is 1. The van der Waals surface area contributed by atoms with Crippen molar-refractivity contribution < 1.29 is 9.21 Å². The van der Waals surface area contributed by atoms with E-state index in [-0.39, 0.29) is 5.91 Å². The molecule has 4 heteroatoms. The quantitative estimate of drug-likeness (QED) is 0.676. The van der Waals surface area contributed by atoms with Gasteiger partial charge in [-0.1, -0.05) is 0 Å². The van der Waals surface area contributed by atoms with E-state index in [1.807, 2.05) is 19.1 Å². The molecule has 0 fully saturated rings. The van der Waals surface area contributed by atoms with E-state index in [1.165, 1.54) is 0 Å². The highest BCUT2D eigenvalue weighted by Crippen LogP contribution is 2.08. The number of nitrogens with one attached hydrogen (secondary N) is 2. The standard InChI is InChI=1S/C9H14N2O2/c1-7-3-4-8(13-7)5-6-9(12)11-10-2/h3-4,10H,5-6H2,1-2H3,(H,11,12). The molecule has 0 unspecified atom stereocenters. The van der Waals surface area contributed by atoms with Gasteiger partial charge < -0.3 is 4.42 Å². The first-order valence-electron chi connectivity index (χ1n) is 4.23. The third-order valence-corrected chi connectivity index (χ3v) is 1.66. The molecule has 0 atom stereocenters. The van der Waals surface area contributed by atoms with Crippen molar-refractivity contribution >= 4 is 5.91 Å². The van der Waals surface area contributed by atoms with Crippen LogP contribution in [0.5, 0.6) is 0 Å². The highest BCUT2D eigenvalue weighted by atomic mass is 16.3. The van der Waals surface area contributed by atoms with Crippen LogP contribution >= 0.6 is 0 Å². The smallest absolute Gasteiger partial charge is 0.234 e. The Hall–Kier alpha value is -1.29. The molecule has 0 aromatic carbocycles. The Kier molecular flexibility index (Phi) is 3.52. The van der Waals surface area contributed by atoms with Crippen molar-refractivity contribution in [2.24, 2.45) is 0 Å². The summed E-state index contributed by atoms with van der Waals surface area (Å²) < 4.78 is 5.31. The number of hydrazine groups is 1. The van der Waals surface area contributed by atoms with Gasteiger partial charge >= 0.3 is 0 Å². The van der Waals surface area contributed by atoms with Crippen molar-refractivity contribution in [2.45, 2.75) is 19.8 Å². The maximum atomic E-state index is 11.0.